The summed E-state index contributed by atoms with van der Waals surface area (Å²) in [5.74, 6) is 0.538. The number of esters is 1. The lowest BCUT2D eigenvalue weighted by molar-refractivity contribution is -0.144. The zero-order valence-corrected chi connectivity index (χ0v) is 12.3. The molecule has 3 aromatic rings. The van der Waals surface area contributed by atoms with Crippen LogP contribution in [0.25, 0.3) is 10.9 Å². The highest BCUT2D eigenvalue weighted by atomic mass is 16.5. The average molecular weight is 295 g/mol. The first-order chi connectivity index (χ1) is 10.7. The van der Waals surface area contributed by atoms with Crippen LogP contribution in [0.5, 0.6) is 5.75 Å². The molecule has 0 aliphatic heterocycles. The first-order valence-corrected chi connectivity index (χ1v) is 7.10. The van der Waals surface area contributed by atoms with Gasteiger partial charge in [0.25, 0.3) is 0 Å². The fraction of sp³-hybridized carbons (Fsp3) is 0.167. The second kappa shape index (κ2) is 6.35. The number of nitrogens with one attached hydrogen (secondary N) is 1. The highest BCUT2D eigenvalue weighted by molar-refractivity contribution is 5.82. The van der Waals surface area contributed by atoms with Crippen molar-refractivity contribution in [2.45, 2.75) is 13.0 Å². The van der Waals surface area contributed by atoms with Gasteiger partial charge >= 0.3 is 5.97 Å². The maximum absolute atomic E-state index is 11.9. The van der Waals surface area contributed by atoms with Crippen molar-refractivity contribution in [1.82, 2.24) is 4.98 Å². The molecular formula is C18H17NO3. The third kappa shape index (κ3) is 3.28. The minimum atomic E-state index is -0.248. The summed E-state index contributed by atoms with van der Waals surface area (Å²) in [7, 11) is 1.62. The normalized spacial score (nSPS) is 10.6. The summed E-state index contributed by atoms with van der Waals surface area (Å²) >= 11 is 0. The smallest absolute Gasteiger partial charge is 0.312 e. The molecule has 4 nitrogen and oxygen atoms in total. The van der Waals surface area contributed by atoms with Gasteiger partial charge < -0.3 is 14.5 Å². The van der Waals surface area contributed by atoms with Crippen LogP contribution in [0, 0.1) is 0 Å². The summed E-state index contributed by atoms with van der Waals surface area (Å²) < 4.78 is 10.4. The van der Waals surface area contributed by atoms with Gasteiger partial charge in [-0.25, -0.2) is 0 Å². The zero-order chi connectivity index (χ0) is 15.4. The standard InChI is InChI=1S/C18H17NO3/c1-21-16-8-6-13(7-9-16)12-22-18(20)11-15-10-14-4-2-3-5-17(14)19-15/h2-10,19H,11-12H2,1H3. The molecule has 0 unspecified atom stereocenters. The van der Waals surface area contributed by atoms with Crippen molar-refractivity contribution < 1.29 is 14.3 Å². The Morgan fingerprint density at radius 1 is 1.09 bits per heavy atom. The molecule has 1 N–H and O–H groups in total. The third-order valence-corrected chi connectivity index (χ3v) is 3.48. The number of benzene rings is 2. The highest BCUT2D eigenvalue weighted by Crippen LogP contribution is 2.16. The Balaban J connectivity index is 1.57. The van der Waals surface area contributed by atoms with E-state index in [0.29, 0.717) is 0 Å². The third-order valence-electron chi connectivity index (χ3n) is 3.48. The van der Waals surface area contributed by atoms with E-state index in [1.165, 1.54) is 0 Å². The number of rotatable bonds is 5. The number of hydrogen-bond acceptors (Lipinski definition) is 3. The molecule has 0 atom stereocenters. The SMILES string of the molecule is COc1ccc(COC(=O)Cc2cc3ccccc3[nH]2)cc1. The fourth-order valence-electron chi connectivity index (χ4n) is 2.32. The maximum atomic E-state index is 11.9. The summed E-state index contributed by atoms with van der Waals surface area (Å²) in [6.45, 7) is 0.267. The number of aromatic nitrogens is 1. The van der Waals surface area contributed by atoms with Gasteiger partial charge in [0.1, 0.15) is 12.4 Å². The van der Waals surface area contributed by atoms with Gasteiger partial charge in [0.2, 0.25) is 0 Å². The van der Waals surface area contributed by atoms with Gasteiger partial charge in [-0.05, 0) is 35.2 Å². The average Bonchev–Trinajstić information content (AvgIpc) is 2.95. The van der Waals surface area contributed by atoms with Gasteiger partial charge in [0.15, 0.2) is 0 Å². The molecule has 0 amide bonds. The van der Waals surface area contributed by atoms with E-state index in [-0.39, 0.29) is 19.0 Å². The molecule has 0 spiro atoms. The maximum Gasteiger partial charge on any atom is 0.312 e. The number of fused-ring (bicyclic) bond motifs is 1. The quantitative estimate of drug-likeness (QED) is 0.733. The molecule has 0 radical (unpaired) electrons. The molecule has 3 rings (SSSR count). The number of H-pyrrole nitrogens is 1. The lowest BCUT2D eigenvalue weighted by Gasteiger charge is -2.05. The first-order valence-electron chi connectivity index (χ1n) is 7.10. The Bertz CT molecular complexity index is 741. The Kier molecular flexibility index (Phi) is 4.10. The molecule has 22 heavy (non-hydrogen) atoms. The molecule has 2 aromatic carbocycles. The van der Waals surface area contributed by atoms with E-state index in [2.05, 4.69) is 4.98 Å². The van der Waals surface area contributed by atoms with Crippen LogP contribution in [-0.2, 0) is 22.6 Å². The number of carbonyl (C=O) groups excluding carboxylic acids is 1. The van der Waals surface area contributed by atoms with Gasteiger partial charge in [0.05, 0.1) is 13.5 Å². The predicted octanol–water partition coefficient (Wildman–Crippen LogP) is 3.46. The summed E-state index contributed by atoms with van der Waals surface area (Å²) in [4.78, 5) is 15.1. The molecule has 0 saturated heterocycles. The molecule has 0 bridgehead atoms. The van der Waals surface area contributed by atoms with E-state index in [9.17, 15) is 4.79 Å². The molecule has 1 heterocycles. The zero-order valence-electron chi connectivity index (χ0n) is 12.3. The lowest BCUT2D eigenvalue weighted by atomic mass is 10.2. The number of para-hydroxylation sites is 1. The van der Waals surface area contributed by atoms with Gasteiger partial charge in [-0.3, -0.25) is 4.79 Å². The van der Waals surface area contributed by atoms with Crippen LogP contribution in [0.3, 0.4) is 0 Å². The monoisotopic (exact) mass is 295 g/mol. The molecule has 0 aliphatic rings. The van der Waals surface area contributed by atoms with Gasteiger partial charge in [-0.1, -0.05) is 30.3 Å². The van der Waals surface area contributed by atoms with Crippen molar-refractivity contribution in [3.05, 3.63) is 65.9 Å². The van der Waals surface area contributed by atoms with Crippen molar-refractivity contribution in [3.63, 3.8) is 0 Å². The van der Waals surface area contributed by atoms with Crippen molar-refractivity contribution in [2.24, 2.45) is 0 Å². The minimum Gasteiger partial charge on any atom is -0.497 e. The highest BCUT2D eigenvalue weighted by Gasteiger charge is 2.08. The van der Waals surface area contributed by atoms with E-state index >= 15 is 0 Å². The Morgan fingerprint density at radius 3 is 2.59 bits per heavy atom. The predicted molar refractivity (Wildman–Crippen MR) is 84.8 cm³/mol. The van der Waals surface area contributed by atoms with Gasteiger partial charge in [-0.2, -0.15) is 0 Å². The number of aromatic amines is 1. The molecule has 0 aliphatic carbocycles. The van der Waals surface area contributed by atoms with E-state index in [4.69, 9.17) is 9.47 Å². The second-order valence-electron chi connectivity index (χ2n) is 5.07. The van der Waals surface area contributed by atoms with Crippen molar-refractivity contribution in [3.8, 4) is 5.75 Å². The van der Waals surface area contributed by atoms with E-state index in [1.807, 2.05) is 54.6 Å². The molecule has 1 aromatic heterocycles. The minimum absolute atomic E-state index is 0.241. The summed E-state index contributed by atoms with van der Waals surface area (Å²) in [6.07, 6.45) is 0.241. The van der Waals surface area contributed by atoms with Crippen molar-refractivity contribution >= 4 is 16.9 Å². The molecular weight excluding hydrogens is 278 g/mol. The van der Waals surface area contributed by atoms with Crippen LogP contribution in [0.4, 0.5) is 0 Å². The van der Waals surface area contributed by atoms with Crippen LogP contribution < -0.4 is 4.74 Å². The van der Waals surface area contributed by atoms with Crippen LogP contribution in [0.2, 0.25) is 0 Å². The summed E-state index contributed by atoms with van der Waals surface area (Å²) in [5.41, 5.74) is 2.83. The Hall–Kier alpha value is -2.75. The van der Waals surface area contributed by atoms with E-state index in [0.717, 1.165) is 27.9 Å². The van der Waals surface area contributed by atoms with Crippen molar-refractivity contribution in [2.75, 3.05) is 7.11 Å². The summed E-state index contributed by atoms with van der Waals surface area (Å²) in [5, 5.41) is 1.10. The summed E-state index contributed by atoms with van der Waals surface area (Å²) in [6, 6.07) is 17.4. The van der Waals surface area contributed by atoms with E-state index < -0.39 is 0 Å². The molecule has 0 fully saturated rings. The van der Waals surface area contributed by atoms with Gasteiger partial charge in [0, 0.05) is 11.2 Å². The molecule has 0 saturated carbocycles. The lowest BCUT2D eigenvalue weighted by Crippen LogP contribution is -2.08. The number of hydrogen-bond donors (Lipinski definition) is 1. The van der Waals surface area contributed by atoms with Crippen LogP contribution in [0.15, 0.2) is 54.6 Å². The molecule has 4 heteroatoms. The van der Waals surface area contributed by atoms with Gasteiger partial charge in [-0.15, -0.1) is 0 Å². The largest absolute Gasteiger partial charge is 0.497 e. The number of carbonyl (C=O) groups is 1. The topological polar surface area (TPSA) is 51.3 Å². The Morgan fingerprint density at radius 2 is 1.86 bits per heavy atom. The van der Waals surface area contributed by atoms with Crippen molar-refractivity contribution in [1.29, 1.82) is 0 Å². The first kappa shape index (κ1) is 14.2. The number of methoxy groups -OCH3 is 1. The molecule has 112 valence electrons. The van der Waals surface area contributed by atoms with Crippen LogP contribution >= 0.6 is 0 Å². The number of ether oxygens (including phenoxy) is 2. The van der Waals surface area contributed by atoms with Crippen LogP contribution in [-0.4, -0.2) is 18.1 Å². The van der Waals surface area contributed by atoms with Crippen LogP contribution in [0.1, 0.15) is 11.3 Å². The van der Waals surface area contributed by atoms with E-state index in [1.54, 1.807) is 7.11 Å². The Labute approximate surface area is 128 Å². The fourth-order valence-corrected chi connectivity index (χ4v) is 2.32. The second-order valence-corrected chi connectivity index (χ2v) is 5.07.